The molecule has 8 heteroatoms. The van der Waals surface area contributed by atoms with E-state index < -0.39 is 0 Å². The quantitative estimate of drug-likeness (QED) is 0.260. The van der Waals surface area contributed by atoms with Gasteiger partial charge in [0.25, 0.3) is 11.8 Å². The highest BCUT2D eigenvalue weighted by atomic mass is 32.2. The number of hydrogen-bond donors (Lipinski definition) is 1. The van der Waals surface area contributed by atoms with Gasteiger partial charge in [0.1, 0.15) is 5.76 Å². The first kappa shape index (κ1) is 21.8. The minimum atomic E-state index is -0.345. The van der Waals surface area contributed by atoms with Crippen LogP contribution in [-0.4, -0.2) is 39.5 Å². The van der Waals surface area contributed by atoms with Gasteiger partial charge in [0, 0.05) is 18.3 Å². The molecule has 1 unspecified atom stereocenters. The zero-order chi connectivity index (χ0) is 23.0. The number of aliphatic imine (C=N–C) groups is 1. The molecule has 0 aliphatic carbocycles. The Morgan fingerprint density at radius 1 is 1.09 bits per heavy atom. The summed E-state index contributed by atoms with van der Waals surface area (Å²) < 4.78 is 5.31. The van der Waals surface area contributed by atoms with Gasteiger partial charge < -0.3 is 9.84 Å². The number of rotatable bonds is 4. The SMILES string of the molecule is C/N=C(\SC(C)Nc1cc(-c2c(C)noc2C)ccc1C)N1C(=O)c2ccccc2C1=O. The third kappa shape index (κ3) is 3.82. The van der Waals surface area contributed by atoms with Gasteiger partial charge in [-0.2, -0.15) is 0 Å². The summed E-state index contributed by atoms with van der Waals surface area (Å²) in [5, 5.41) is 7.72. The fraction of sp³-hybridized carbons (Fsp3) is 0.250. The fourth-order valence-electron chi connectivity index (χ4n) is 3.80. The average molecular weight is 449 g/mol. The molecule has 2 heterocycles. The lowest BCUT2D eigenvalue weighted by Gasteiger charge is -2.21. The predicted octanol–water partition coefficient (Wildman–Crippen LogP) is 5.04. The smallest absolute Gasteiger partial charge is 0.267 e. The molecule has 0 radical (unpaired) electrons. The summed E-state index contributed by atoms with van der Waals surface area (Å²) in [6.45, 7) is 7.81. The summed E-state index contributed by atoms with van der Waals surface area (Å²) in [6, 6.07) is 13.0. The zero-order valence-electron chi connectivity index (χ0n) is 18.6. The average Bonchev–Trinajstić information content (AvgIpc) is 3.24. The van der Waals surface area contributed by atoms with Gasteiger partial charge in [-0.05, 0) is 57.0 Å². The monoisotopic (exact) mass is 448 g/mol. The molecule has 2 aromatic carbocycles. The lowest BCUT2D eigenvalue weighted by molar-refractivity contribution is 0.0752. The van der Waals surface area contributed by atoms with E-state index in [1.54, 1.807) is 31.3 Å². The van der Waals surface area contributed by atoms with Gasteiger partial charge in [-0.3, -0.25) is 14.6 Å². The first-order valence-corrected chi connectivity index (χ1v) is 11.1. The van der Waals surface area contributed by atoms with Gasteiger partial charge in [0.15, 0.2) is 5.17 Å². The Labute approximate surface area is 190 Å². The first-order chi connectivity index (χ1) is 15.3. The topological polar surface area (TPSA) is 87.8 Å². The van der Waals surface area contributed by atoms with Crippen LogP contribution in [-0.2, 0) is 0 Å². The summed E-state index contributed by atoms with van der Waals surface area (Å²) in [4.78, 5) is 31.0. The van der Waals surface area contributed by atoms with Gasteiger partial charge in [0.05, 0.1) is 22.2 Å². The molecule has 1 aromatic heterocycles. The molecule has 4 rings (SSSR count). The van der Waals surface area contributed by atoms with Crippen LogP contribution >= 0.6 is 11.8 Å². The van der Waals surface area contributed by atoms with Crippen molar-refractivity contribution in [2.24, 2.45) is 4.99 Å². The van der Waals surface area contributed by atoms with Crippen molar-refractivity contribution in [3.8, 4) is 11.1 Å². The second-order valence-electron chi connectivity index (χ2n) is 7.63. The van der Waals surface area contributed by atoms with Crippen molar-refractivity contribution >= 4 is 34.4 Å². The lowest BCUT2D eigenvalue weighted by Crippen LogP contribution is -2.36. The number of anilines is 1. The van der Waals surface area contributed by atoms with E-state index in [1.165, 1.54) is 11.8 Å². The predicted molar refractivity (Wildman–Crippen MR) is 127 cm³/mol. The van der Waals surface area contributed by atoms with Crippen LogP contribution in [0.1, 0.15) is 44.7 Å². The van der Waals surface area contributed by atoms with Crippen LogP contribution in [0.3, 0.4) is 0 Å². The second kappa shape index (κ2) is 8.63. The van der Waals surface area contributed by atoms with Crippen LogP contribution in [0.4, 0.5) is 5.69 Å². The molecular formula is C24H24N4O3S. The Hall–Kier alpha value is -3.39. The fourth-order valence-corrected chi connectivity index (χ4v) is 4.68. The number of nitrogens with one attached hydrogen (secondary N) is 1. The molecule has 0 spiro atoms. The molecule has 0 fully saturated rings. The Balaban J connectivity index is 1.54. The number of benzene rings is 2. The highest BCUT2D eigenvalue weighted by Gasteiger charge is 2.38. The van der Waals surface area contributed by atoms with E-state index >= 15 is 0 Å². The Morgan fingerprint density at radius 3 is 2.31 bits per heavy atom. The lowest BCUT2D eigenvalue weighted by atomic mass is 10.0. The number of amides is 2. The van der Waals surface area contributed by atoms with Gasteiger partial charge >= 0.3 is 0 Å². The minimum Gasteiger partial charge on any atom is -0.373 e. The van der Waals surface area contributed by atoms with Gasteiger partial charge in [-0.15, -0.1) is 0 Å². The van der Waals surface area contributed by atoms with Crippen LogP contribution in [0.2, 0.25) is 0 Å². The molecule has 1 atom stereocenters. The highest BCUT2D eigenvalue weighted by molar-refractivity contribution is 8.14. The number of thioether (sulfide) groups is 1. The van der Waals surface area contributed by atoms with Crippen molar-refractivity contribution in [2.75, 3.05) is 12.4 Å². The zero-order valence-corrected chi connectivity index (χ0v) is 19.4. The maximum absolute atomic E-state index is 12.8. The van der Waals surface area contributed by atoms with E-state index in [0.29, 0.717) is 16.3 Å². The number of amidine groups is 1. The normalized spacial score (nSPS) is 14.7. The van der Waals surface area contributed by atoms with Gasteiger partial charge in [-0.1, -0.05) is 41.2 Å². The van der Waals surface area contributed by atoms with Crippen molar-refractivity contribution < 1.29 is 14.1 Å². The van der Waals surface area contributed by atoms with Crippen LogP contribution in [0.15, 0.2) is 52.0 Å². The Kier molecular flexibility index (Phi) is 5.88. The van der Waals surface area contributed by atoms with E-state index in [4.69, 9.17) is 4.52 Å². The number of nitrogens with zero attached hydrogens (tertiary/aromatic N) is 3. The molecule has 1 N–H and O–H groups in total. The molecule has 32 heavy (non-hydrogen) atoms. The third-order valence-corrected chi connectivity index (χ3v) is 6.42. The van der Waals surface area contributed by atoms with Crippen LogP contribution in [0.5, 0.6) is 0 Å². The molecule has 164 valence electrons. The molecule has 2 amide bonds. The van der Waals surface area contributed by atoms with Crippen molar-refractivity contribution in [1.29, 1.82) is 0 Å². The molecule has 7 nitrogen and oxygen atoms in total. The van der Waals surface area contributed by atoms with E-state index in [0.717, 1.165) is 38.7 Å². The summed E-state index contributed by atoms with van der Waals surface area (Å²) in [5.41, 5.74) is 5.66. The molecule has 3 aromatic rings. The van der Waals surface area contributed by atoms with Crippen molar-refractivity contribution in [1.82, 2.24) is 10.1 Å². The van der Waals surface area contributed by atoms with Crippen LogP contribution in [0.25, 0.3) is 11.1 Å². The van der Waals surface area contributed by atoms with E-state index in [9.17, 15) is 9.59 Å². The van der Waals surface area contributed by atoms with E-state index in [-0.39, 0.29) is 17.2 Å². The molecule has 0 saturated carbocycles. The largest absolute Gasteiger partial charge is 0.373 e. The number of aryl methyl sites for hydroxylation is 3. The molecule has 1 aliphatic rings. The summed E-state index contributed by atoms with van der Waals surface area (Å²) >= 11 is 1.33. The van der Waals surface area contributed by atoms with Crippen molar-refractivity contribution in [3.63, 3.8) is 0 Å². The molecule has 1 aliphatic heterocycles. The van der Waals surface area contributed by atoms with E-state index in [1.807, 2.05) is 39.8 Å². The van der Waals surface area contributed by atoms with Crippen molar-refractivity contribution in [3.05, 3.63) is 70.6 Å². The second-order valence-corrected chi connectivity index (χ2v) is 8.94. The van der Waals surface area contributed by atoms with Gasteiger partial charge in [0.2, 0.25) is 0 Å². The first-order valence-electron chi connectivity index (χ1n) is 10.2. The van der Waals surface area contributed by atoms with Gasteiger partial charge in [-0.25, -0.2) is 4.90 Å². The minimum absolute atomic E-state index is 0.156. The Bertz CT molecular complexity index is 1190. The number of aromatic nitrogens is 1. The highest BCUT2D eigenvalue weighted by Crippen LogP contribution is 2.32. The van der Waals surface area contributed by atoms with Crippen LogP contribution < -0.4 is 5.32 Å². The number of fused-ring (bicyclic) bond motifs is 1. The standard InChI is InChI=1S/C24H24N4O3S/c1-13-10-11-17(21-14(2)27-31-15(21)3)12-20(13)26-16(4)32-24(25-5)28-22(29)18-8-6-7-9-19(18)23(28)30/h6-12,16,26H,1-5H3/b25-24-. The van der Waals surface area contributed by atoms with Crippen LogP contribution in [0, 0.1) is 20.8 Å². The molecule has 0 bridgehead atoms. The number of carbonyl (C=O) groups is 2. The summed E-state index contributed by atoms with van der Waals surface area (Å²) in [5.74, 6) is 0.0794. The maximum Gasteiger partial charge on any atom is 0.267 e. The van der Waals surface area contributed by atoms with E-state index in [2.05, 4.69) is 21.5 Å². The summed E-state index contributed by atoms with van der Waals surface area (Å²) in [6.07, 6.45) is 0. The third-order valence-electron chi connectivity index (χ3n) is 5.38. The molecule has 0 saturated heterocycles. The maximum atomic E-state index is 12.8. The summed E-state index contributed by atoms with van der Waals surface area (Å²) in [7, 11) is 1.59. The number of carbonyl (C=O) groups excluding carboxylic acids is 2. The number of hydrogen-bond acceptors (Lipinski definition) is 7. The Morgan fingerprint density at radius 2 is 1.75 bits per heavy atom. The molecular weight excluding hydrogens is 424 g/mol. The van der Waals surface area contributed by atoms with Crippen molar-refractivity contribution in [2.45, 2.75) is 33.1 Å². The number of imide groups is 1.